The molecule has 0 unspecified atom stereocenters. The minimum Gasteiger partial charge on any atom is -0.495 e. The van der Waals surface area contributed by atoms with E-state index in [0.29, 0.717) is 0 Å². The molecule has 17 heavy (non-hydrogen) atoms. The fourth-order valence-corrected chi connectivity index (χ4v) is 3.38. The molecule has 0 saturated carbocycles. The molecular formula is C12H11Br2NOS. The Hall–Kier alpha value is -0.520. The Balaban J connectivity index is 2.15. The van der Waals surface area contributed by atoms with E-state index in [-0.39, 0.29) is 0 Å². The van der Waals surface area contributed by atoms with Gasteiger partial charge in [-0.3, -0.25) is 0 Å². The molecule has 0 aliphatic rings. The summed E-state index contributed by atoms with van der Waals surface area (Å²) in [5.41, 5.74) is 2.31. The van der Waals surface area contributed by atoms with Gasteiger partial charge < -0.3 is 10.1 Å². The van der Waals surface area contributed by atoms with Crippen LogP contribution in [0, 0.1) is 0 Å². The summed E-state index contributed by atoms with van der Waals surface area (Å²) >= 11 is 8.68. The summed E-state index contributed by atoms with van der Waals surface area (Å²) in [6, 6.07) is 6.07. The van der Waals surface area contributed by atoms with Crippen LogP contribution in [0.5, 0.6) is 5.75 Å². The Labute approximate surface area is 121 Å². The largest absolute Gasteiger partial charge is 0.495 e. The van der Waals surface area contributed by atoms with Crippen LogP contribution in [-0.2, 0) is 6.54 Å². The van der Waals surface area contributed by atoms with Crippen LogP contribution in [0.1, 0.15) is 5.56 Å². The Morgan fingerprint density at radius 1 is 1.29 bits per heavy atom. The van der Waals surface area contributed by atoms with Gasteiger partial charge in [-0.05, 0) is 60.3 Å². The van der Waals surface area contributed by atoms with Gasteiger partial charge in [-0.2, -0.15) is 11.3 Å². The second-order valence-electron chi connectivity index (χ2n) is 3.45. The number of methoxy groups -OCH3 is 1. The molecule has 1 aromatic heterocycles. The van der Waals surface area contributed by atoms with Crippen LogP contribution < -0.4 is 10.1 Å². The van der Waals surface area contributed by atoms with E-state index in [4.69, 9.17) is 4.74 Å². The molecule has 0 amide bonds. The molecule has 5 heteroatoms. The summed E-state index contributed by atoms with van der Waals surface area (Å²) < 4.78 is 7.22. The van der Waals surface area contributed by atoms with Crippen molar-refractivity contribution in [2.24, 2.45) is 0 Å². The molecule has 0 spiro atoms. The molecule has 0 atom stereocenters. The normalized spacial score (nSPS) is 10.3. The van der Waals surface area contributed by atoms with Gasteiger partial charge in [-0.15, -0.1) is 0 Å². The zero-order valence-electron chi connectivity index (χ0n) is 9.17. The Morgan fingerprint density at radius 2 is 2.12 bits per heavy atom. The van der Waals surface area contributed by atoms with Crippen molar-refractivity contribution in [1.29, 1.82) is 0 Å². The van der Waals surface area contributed by atoms with Crippen molar-refractivity contribution in [2.75, 3.05) is 12.4 Å². The van der Waals surface area contributed by atoms with Crippen LogP contribution in [-0.4, -0.2) is 7.11 Å². The quantitative estimate of drug-likeness (QED) is 0.819. The number of halogens is 2. The van der Waals surface area contributed by atoms with E-state index in [0.717, 1.165) is 26.9 Å². The third kappa shape index (κ3) is 3.24. The van der Waals surface area contributed by atoms with Gasteiger partial charge in [0.2, 0.25) is 0 Å². The highest BCUT2D eigenvalue weighted by atomic mass is 79.9. The van der Waals surface area contributed by atoms with Crippen molar-refractivity contribution in [3.63, 3.8) is 0 Å². The maximum Gasteiger partial charge on any atom is 0.135 e. The molecule has 0 aliphatic heterocycles. The van der Waals surface area contributed by atoms with Crippen molar-refractivity contribution >= 4 is 48.9 Å². The summed E-state index contributed by atoms with van der Waals surface area (Å²) in [6.07, 6.45) is 0. The predicted octanol–water partition coefficient (Wildman–Crippen LogP) is 4.89. The van der Waals surface area contributed by atoms with Crippen molar-refractivity contribution in [3.05, 3.63) is 43.5 Å². The lowest BCUT2D eigenvalue weighted by Crippen LogP contribution is -1.99. The first-order valence-corrected chi connectivity index (χ1v) is 7.51. The maximum atomic E-state index is 5.27. The standard InChI is InChI=1S/C12H11Br2NOS/c1-16-12-5-11(9(13)4-10(12)14)15-6-8-2-3-17-7-8/h2-5,7,15H,6H2,1H3. The molecule has 2 rings (SSSR count). The van der Waals surface area contributed by atoms with E-state index in [1.807, 2.05) is 12.1 Å². The van der Waals surface area contributed by atoms with E-state index in [1.54, 1.807) is 18.4 Å². The average molecular weight is 377 g/mol. The highest BCUT2D eigenvalue weighted by Gasteiger charge is 2.06. The summed E-state index contributed by atoms with van der Waals surface area (Å²) in [5, 5.41) is 7.59. The van der Waals surface area contributed by atoms with E-state index < -0.39 is 0 Å². The van der Waals surface area contributed by atoms with Crippen LogP contribution in [0.15, 0.2) is 37.9 Å². The zero-order valence-corrected chi connectivity index (χ0v) is 13.2. The van der Waals surface area contributed by atoms with E-state index in [1.165, 1.54) is 5.56 Å². The number of thiophene rings is 1. The average Bonchev–Trinajstić information content (AvgIpc) is 2.81. The highest BCUT2D eigenvalue weighted by molar-refractivity contribution is 9.11. The van der Waals surface area contributed by atoms with Gasteiger partial charge in [-0.25, -0.2) is 0 Å². The SMILES string of the molecule is COc1cc(NCc2ccsc2)c(Br)cc1Br. The number of hydrogen-bond donors (Lipinski definition) is 1. The monoisotopic (exact) mass is 375 g/mol. The maximum absolute atomic E-state index is 5.27. The van der Waals surface area contributed by atoms with E-state index in [2.05, 4.69) is 54.0 Å². The summed E-state index contributed by atoms with van der Waals surface area (Å²) in [4.78, 5) is 0. The fraction of sp³-hybridized carbons (Fsp3) is 0.167. The molecular weight excluding hydrogens is 366 g/mol. The lowest BCUT2D eigenvalue weighted by molar-refractivity contribution is 0.412. The number of anilines is 1. The zero-order chi connectivity index (χ0) is 12.3. The number of nitrogens with one attached hydrogen (secondary N) is 1. The van der Waals surface area contributed by atoms with Gasteiger partial charge in [0.05, 0.1) is 17.3 Å². The Kier molecular flexibility index (Phi) is 4.48. The first-order chi connectivity index (χ1) is 8.20. The van der Waals surface area contributed by atoms with Crippen molar-refractivity contribution in [1.82, 2.24) is 0 Å². The molecule has 2 nitrogen and oxygen atoms in total. The summed E-state index contributed by atoms with van der Waals surface area (Å²) in [6.45, 7) is 0.812. The smallest absolute Gasteiger partial charge is 0.135 e. The van der Waals surface area contributed by atoms with Crippen LogP contribution in [0.2, 0.25) is 0 Å². The topological polar surface area (TPSA) is 21.3 Å². The molecule has 2 aromatic rings. The molecule has 1 N–H and O–H groups in total. The number of ether oxygens (including phenoxy) is 1. The molecule has 0 bridgehead atoms. The first kappa shape index (κ1) is 12.9. The number of rotatable bonds is 4. The van der Waals surface area contributed by atoms with Crippen molar-refractivity contribution < 1.29 is 4.74 Å². The van der Waals surface area contributed by atoms with Gasteiger partial charge in [0, 0.05) is 17.1 Å². The van der Waals surface area contributed by atoms with Gasteiger partial charge in [0.15, 0.2) is 0 Å². The summed E-state index contributed by atoms with van der Waals surface area (Å²) in [5.74, 6) is 0.820. The minimum absolute atomic E-state index is 0.812. The highest BCUT2D eigenvalue weighted by Crippen LogP contribution is 2.34. The molecule has 0 radical (unpaired) electrons. The lowest BCUT2D eigenvalue weighted by atomic mass is 10.2. The number of benzene rings is 1. The summed E-state index contributed by atoms with van der Waals surface area (Å²) in [7, 11) is 1.66. The van der Waals surface area contributed by atoms with Gasteiger partial charge in [0.1, 0.15) is 5.75 Å². The third-order valence-electron chi connectivity index (χ3n) is 2.30. The van der Waals surface area contributed by atoms with Gasteiger partial charge in [-0.1, -0.05) is 0 Å². The van der Waals surface area contributed by atoms with E-state index >= 15 is 0 Å². The van der Waals surface area contributed by atoms with Crippen molar-refractivity contribution in [2.45, 2.75) is 6.54 Å². The molecule has 90 valence electrons. The predicted molar refractivity (Wildman–Crippen MR) is 80.0 cm³/mol. The lowest BCUT2D eigenvalue weighted by Gasteiger charge is -2.11. The molecule has 0 fully saturated rings. The fourth-order valence-electron chi connectivity index (χ4n) is 1.41. The third-order valence-corrected chi connectivity index (χ3v) is 4.31. The Morgan fingerprint density at radius 3 is 2.76 bits per heavy atom. The second kappa shape index (κ2) is 5.89. The Bertz CT molecular complexity index is 499. The first-order valence-electron chi connectivity index (χ1n) is 4.98. The molecule has 0 aliphatic carbocycles. The van der Waals surface area contributed by atoms with Crippen LogP contribution in [0.25, 0.3) is 0 Å². The molecule has 1 heterocycles. The molecule has 1 aromatic carbocycles. The van der Waals surface area contributed by atoms with Gasteiger partial charge >= 0.3 is 0 Å². The molecule has 0 saturated heterocycles. The van der Waals surface area contributed by atoms with Crippen LogP contribution in [0.4, 0.5) is 5.69 Å². The van der Waals surface area contributed by atoms with E-state index in [9.17, 15) is 0 Å². The second-order valence-corrected chi connectivity index (χ2v) is 5.94. The van der Waals surface area contributed by atoms with Crippen molar-refractivity contribution in [3.8, 4) is 5.75 Å². The van der Waals surface area contributed by atoms with Crippen LogP contribution >= 0.6 is 43.2 Å². The van der Waals surface area contributed by atoms with Crippen LogP contribution in [0.3, 0.4) is 0 Å². The minimum atomic E-state index is 0.812. The number of hydrogen-bond acceptors (Lipinski definition) is 3. The van der Waals surface area contributed by atoms with Gasteiger partial charge in [0.25, 0.3) is 0 Å².